The zero-order chi connectivity index (χ0) is 19.9. The molecule has 5 heteroatoms. The summed E-state index contributed by atoms with van der Waals surface area (Å²) in [5, 5.41) is 5.48. The van der Waals surface area contributed by atoms with Gasteiger partial charge in [-0.15, -0.1) is 0 Å². The molecule has 2 nitrogen and oxygen atoms in total. The smallest absolute Gasteiger partial charge is 0.124 e. The van der Waals surface area contributed by atoms with Gasteiger partial charge in [0, 0.05) is 27.2 Å². The SMILES string of the molecule is Cc1ccccc1COc1ccc(Cl)cc1CNCCc1ccc(Cl)cc1Cl. The van der Waals surface area contributed by atoms with Crippen molar-refractivity contribution in [3.63, 3.8) is 0 Å². The summed E-state index contributed by atoms with van der Waals surface area (Å²) in [5.41, 5.74) is 4.49. The Hall–Kier alpha value is -1.71. The number of rotatable bonds is 8. The van der Waals surface area contributed by atoms with Crippen molar-refractivity contribution in [2.75, 3.05) is 6.54 Å². The van der Waals surface area contributed by atoms with E-state index in [9.17, 15) is 0 Å². The highest BCUT2D eigenvalue weighted by molar-refractivity contribution is 6.35. The van der Waals surface area contributed by atoms with Gasteiger partial charge in [0.2, 0.25) is 0 Å². The van der Waals surface area contributed by atoms with Crippen molar-refractivity contribution >= 4 is 34.8 Å². The number of aryl methyl sites for hydroxylation is 1. The largest absolute Gasteiger partial charge is 0.489 e. The Morgan fingerprint density at radius 1 is 0.821 bits per heavy atom. The third-order valence-corrected chi connectivity index (χ3v) is 5.39. The second-order valence-electron chi connectivity index (χ2n) is 6.63. The average molecular weight is 435 g/mol. The summed E-state index contributed by atoms with van der Waals surface area (Å²) in [7, 11) is 0. The molecule has 0 bridgehead atoms. The Morgan fingerprint density at radius 2 is 1.57 bits per heavy atom. The fraction of sp³-hybridized carbons (Fsp3) is 0.217. The molecule has 0 aliphatic heterocycles. The molecule has 3 aromatic rings. The second-order valence-corrected chi connectivity index (χ2v) is 7.91. The average Bonchev–Trinajstić information content (AvgIpc) is 2.67. The van der Waals surface area contributed by atoms with Crippen LogP contribution in [0.1, 0.15) is 22.3 Å². The first-order valence-corrected chi connectivity index (χ1v) is 10.3. The van der Waals surface area contributed by atoms with Crippen LogP contribution in [-0.2, 0) is 19.6 Å². The molecule has 0 radical (unpaired) electrons. The van der Waals surface area contributed by atoms with Crippen LogP contribution in [0.2, 0.25) is 15.1 Å². The zero-order valence-electron chi connectivity index (χ0n) is 15.6. The Labute approximate surface area is 181 Å². The van der Waals surface area contributed by atoms with Crippen molar-refractivity contribution in [1.82, 2.24) is 5.32 Å². The normalized spacial score (nSPS) is 10.9. The van der Waals surface area contributed by atoms with E-state index in [-0.39, 0.29) is 0 Å². The van der Waals surface area contributed by atoms with Crippen LogP contribution in [0, 0.1) is 6.92 Å². The molecule has 0 amide bonds. The van der Waals surface area contributed by atoms with Crippen molar-refractivity contribution in [3.8, 4) is 5.75 Å². The maximum Gasteiger partial charge on any atom is 0.124 e. The molecule has 3 aromatic carbocycles. The summed E-state index contributed by atoms with van der Waals surface area (Å²) < 4.78 is 6.07. The first-order chi connectivity index (χ1) is 13.5. The van der Waals surface area contributed by atoms with Gasteiger partial charge >= 0.3 is 0 Å². The lowest BCUT2D eigenvalue weighted by Gasteiger charge is -2.14. The fourth-order valence-corrected chi connectivity index (χ4v) is 3.62. The second kappa shape index (κ2) is 10.2. The predicted molar refractivity (Wildman–Crippen MR) is 119 cm³/mol. The monoisotopic (exact) mass is 433 g/mol. The molecule has 0 unspecified atom stereocenters. The number of hydrogen-bond donors (Lipinski definition) is 1. The van der Waals surface area contributed by atoms with E-state index in [4.69, 9.17) is 39.5 Å². The van der Waals surface area contributed by atoms with Crippen molar-refractivity contribution in [1.29, 1.82) is 0 Å². The van der Waals surface area contributed by atoms with E-state index in [1.807, 2.05) is 42.5 Å². The van der Waals surface area contributed by atoms with Crippen LogP contribution in [0.3, 0.4) is 0 Å². The molecule has 0 saturated heterocycles. The van der Waals surface area contributed by atoms with Crippen molar-refractivity contribution < 1.29 is 4.74 Å². The van der Waals surface area contributed by atoms with E-state index >= 15 is 0 Å². The molecule has 0 fully saturated rings. The van der Waals surface area contributed by atoms with Crippen LogP contribution < -0.4 is 10.1 Å². The molecule has 0 heterocycles. The molecule has 0 atom stereocenters. The van der Waals surface area contributed by atoms with Crippen LogP contribution in [0.25, 0.3) is 0 Å². The highest BCUT2D eigenvalue weighted by Crippen LogP contribution is 2.25. The standard InChI is InChI=1S/C23H22Cl3NO/c1-16-4-2-3-5-18(16)15-28-23-9-8-20(24)12-19(23)14-27-11-10-17-6-7-21(25)13-22(17)26/h2-9,12-13,27H,10-11,14-15H2,1H3. The Balaban J connectivity index is 1.58. The minimum Gasteiger partial charge on any atom is -0.489 e. The van der Waals surface area contributed by atoms with Crippen LogP contribution in [0.15, 0.2) is 60.7 Å². The van der Waals surface area contributed by atoms with Crippen molar-refractivity contribution in [2.24, 2.45) is 0 Å². The van der Waals surface area contributed by atoms with Gasteiger partial charge in [0.1, 0.15) is 12.4 Å². The summed E-state index contributed by atoms with van der Waals surface area (Å²) in [4.78, 5) is 0. The molecule has 0 aromatic heterocycles. The number of benzene rings is 3. The highest BCUT2D eigenvalue weighted by atomic mass is 35.5. The third-order valence-electron chi connectivity index (χ3n) is 4.57. The topological polar surface area (TPSA) is 21.3 Å². The van der Waals surface area contributed by atoms with Crippen LogP contribution in [0.4, 0.5) is 0 Å². The molecular formula is C23H22Cl3NO. The Kier molecular flexibility index (Phi) is 7.64. The molecule has 146 valence electrons. The van der Waals surface area contributed by atoms with Gasteiger partial charge in [-0.05, 0) is 66.9 Å². The Bertz CT molecular complexity index is 943. The van der Waals surface area contributed by atoms with E-state index in [1.165, 1.54) is 11.1 Å². The van der Waals surface area contributed by atoms with Gasteiger partial charge in [-0.1, -0.05) is 65.1 Å². The van der Waals surface area contributed by atoms with Gasteiger partial charge in [0.25, 0.3) is 0 Å². The minimum atomic E-state index is 0.529. The Morgan fingerprint density at radius 3 is 2.36 bits per heavy atom. The quantitative estimate of drug-likeness (QED) is 0.391. The van der Waals surface area contributed by atoms with Gasteiger partial charge in [-0.2, -0.15) is 0 Å². The van der Waals surface area contributed by atoms with Crippen molar-refractivity contribution in [2.45, 2.75) is 26.5 Å². The van der Waals surface area contributed by atoms with Crippen LogP contribution in [-0.4, -0.2) is 6.54 Å². The van der Waals surface area contributed by atoms with E-state index in [0.29, 0.717) is 28.2 Å². The first-order valence-electron chi connectivity index (χ1n) is 9.13. The van der Waals surface area contributed by atoms with Gasteiger partial charge in [0.15, 0.2) is 0 Å². The van der Waals surface area contributed by atoms with Gasteiger partial charge in [-0.3, -0.25) is 0 Å². The maximum absolute atomic E-state index is 6.23. The molecule has 28 heavy (non-hydrogen) atoms. The number of hydrogen-bond acceptors (Lipinski definition) is 2. The molecule has 0 aliphatic carbocycles. The van der Waals surface area contributed by atoms with E-state index < -0.39 is 0 Å². The first kappa shape index (κ1) is 21.0. The predicted octanol–water partition coefficient (Wildman–Crippen LogP) is 6.87. The van der Waals surface area contributed by atoms with Gasteiger partial charge in [0.05, 0.1) is 0 Å². The lowest BCUT2D eigenvalue weighted by atomic mass is 10.1. The zero-order valence-corrected chi connectivity index (χ0v) is 17.9. The van der Waals surface area contributed by atoms with Gasteiger partial charge < -0.3 is 10.1 Å². The van der Waals surface area contributed by atoms with E-state index in [2.05, 4.69) is 24.4 Å². The number of nitrogens with one attached hydrogen (secondary N) is 1. The summed E-state index contributed by atoms with van der Waals surface area (Å²) in [5.74, 6) is 0.838. The lowest BCUT2D eigenvalue weighted by Crippen LogP contribution is -2.17. The number of ether oxygens (including phenoxy) is 1. The maximum atomic E-state index is 6.23. The van der Waals surface area contributed by atoms with Crippen LogP contribution in [0.5, 0.6) is 5.75 Å². The molecule has 0 aliphatic rings. The number of halogens is 3. The molecule has 0 spiro atoms. The summed E-state index contributed by atoms with van der Waals surface area (Å²) in [6.45, 7) is 4.06. The van der Waals surface area contributed by atoms with E-state index in [1.54, 1.807) is 6.07 Å². The summed E-state index contributed by atoms with van der Waals surface area (Å²) >= 11 is 18.4. The molecule has 1 N–H and O–H groups in total. The summed E-state index contributed by atoms with van der Waals surface area (Å²) in [6, 6.07) is 19.5. The molecule has 3 rings (SSSR count). The molecular weight excluding hydrogens is 413 g/mol. The highest BCUT2D eigenvalue weighted by Gasteiger charge is 2.07. The van der Waals surface area contributed by atoms with Crippen LogP contribution >= 0.6 is 34.8 Å². The van der Waals surface area contributed by atoms with Gasteiger partial charge in [-0.25, -0.2) is 0 Å². The molecule has 0 saturated carbocycles. The third kappa shape index (κ3) is 5.89. The van der Waals surface area contributed by atoms with Crippen molar-refractivity contribution in [3.05, 3.63) is 98.0 Å². The van der Waals surface area contributed by atoms with E-state index in [0.717, 1.165) is 29.8 Å². The lowest BCUT2D eigenvalue weighted by molar-refractivity contribution is 0.301. The summed E-state index contributed by atoms with van der Waals surface area (Å²) in [6.07, 6.45) is 0.815. The fourth-order valence-electron chi connectivity index (χ4n) is 2.93. The minimum absolute atomic E-state index is 0.529.